The first-order valence-electron chi connectivity index (χ1n) is 8.31. The van der Waals surface area contributed by atoms with Crippen molar-refractivity contribution in [1.82, 2.24) is 10.6 Å². The van der Waals surface area contributed by atoms with Crippen molar-refractivity contribution in [3.05, 3.63) is 46.2 Å². The number of nitro groups is 1. The van der Waals surface area contributed by atoms with E-state index in [1.54, 1.807) is 0 Å². The Morgan fingerprint density at radius 1 is 1.35 bits per heavy atom. The third-order valence-corrected chi connectivity index (χ3v) is 4.66. The molecule has 0 bridgehead atoms. The Hall–Kier alpha value is -3.10. The molecular weight excluding hydrogens is 342 g/mol. The third kappa shape index (κ3) is 3.46. The van der Waals surface area contributed by atoms with Gasteiger partial charge in [0.1, 0.15) is 12.0 Å². The standard InChI is InChI=1S/C17H19N3O6/c1-9-14(16(22)26-11-4-2-3-5-11)15(19-17(23)18-9)10-6-7-13(21)12(8-10)20(24)25/h6-8,11,14-15,21H,1-5H2,(H2,18,19,23). The van der Waals surface area contributed by atoms with E-state index in [9.17, 15) is 24.8 Å². The minimum absolute atomic E-state index is 0.164. The molecule has 1 aromatic carbocycles. The van der Waals surface area contributed by atoms with Gasteiger partial charge < -0.3 is 20.5 Å². The predicted octanol–water partition coefficient (Wildman–Crippen LogP) is 2.27. The number of carbonyl (C=O) groups excluding carboxylic acids is 2. The highest BCUT2D eigenvalue weighted by molar-refractivity contribution is 5.85. The minimum atomic E-state index is -0.933. The SMILES string of the molecule is C=C1NC(=O)NC(c2ccc(O)c([N+](=O)[O-])c2)C1C(=O)OC1CCCC1. The van der Waals surface area contributed by atoms with Crippen LogP contribution >= 0.6 is 0 Å². The first kappa shape index (κ1) is 17.7. The molecule has 26 heavy (non-hydrogen) atoms. The fourth-order valence-electron chi connectivity index (χ4n) is 3.36. The Kier molecular flexibility index (Phi) is 4.79. The molecule has 1 aliphatic carbocycles. The van der Waals surface area contributed by atoms with Crippen molar-refractivity contribution in [1.29, 1.82) is 0 Å². The lowest BCUT2D eigenvalue weighted by atomic mass is 9.88. The number of amides is 2. The van der Waals surface area contributed by atoms with E-state index in [1.165, 1.54) is 6.07 Å². The molecule has 2 fully saturated rings. The third-order valence-electron chi connectivity index (χ3n) is 4.66. The number of phenolic OH excluding ortho intramolecular Hbond substituents is 1. The van der Waals surface area contributed by atoms with Crippen molar-refractivity contribution in [2.24, 2.45) is 5.92 Å². The smallest absolute Gasteiger partial charge is 0.319 e. The summed E-state index contributed by atoms with van der Waals surface area (Å²) in [6, 6.07) is 2.25. The summed E-state index contributed by atoms with van der Waals surface area (Å²) in [6.07, 6.45) is 3.40. The summed E-state index contributed by atoms with van der Waals surface area (Å²) in [4.78, 5) is 34.9. The van der Waals surface area contributed by atoms with E-state index in [0.717, 1.165) is 37.8 Å². The maximum Gasteiger partial charge on any atom is 0.319 e. The molecule has 1 saturated heterocycles. The van der Waals surface area contributed by atoms with Gasteiger partial charge in [0.15, 0.2) is 5.75 Å². The number of nitrogens with zero attached hydrogens (tertiary/aromatic N) is 1. The van der Waals surface area contributed by atoms with Crippen LogP contribution in [0.3, 0.4) is 0 Å². The molecule has 0 aromatic heterocycles. The van der Waals surface area contributed by atoms with Crippen molar-refractivity contribution >= 4 is 17.7 Å². The van der Waals surface area contributed by atoms with E-state index in [1.807, 2.05) is 0 Å². The van der Waals surface area contributed by atoms with Gasteiger partial charge in [-0.3, -0.25) is 14.9 Å². The summed E-state index contributed by atoms with van der Waals surface area (Å²) < 4.78 is 5.54. The summed E-state index contributed by atoms with van der Waals surface area (Å²) >= 11 is 0. The molecule has 1 aromatic rings. The molecule has 2 atom stereocenters. The van der Waals surface area contributed by atoms with Crippen molar-refractivity contribution in [3.8, 4) is 5.75 Å². The van der Waals surface area contributed by atoms with E-state index in [4.69, 9.17) is 4.74 Å². The van der Waals surface area contributed by atoms with Gasteiger partial charge >= 0.3 is 17.7 Å². The van der Waals surface area contributed by atoms with Crippen LogP contribution in [-0.4, -0.2) is 28.1 Å². The van der Waals surface area contributed by atoms with Crippen molar-refractivity contribution in [3.63, 3.8) is 0 Å². The maximum absolute atomic E-state index is 12.7. The molecule has 2 amide bonds. The number of hydrogen-bond acceptors (Lipinski definition) is 6. The molecule has 1 heterocycles. The van der Waals surface area contributed by atoms with Gasteiger partial charge in [0.05, 0.1) is 11.0 Å². The number of phenols is 1. The van der Waals surface area contributed by atoms with Gasteiger partial charge in [-0.05, 0) is 37.3 Å². The second-order valence-electron chi connectivity index (χ2n) is 6.43. The molecule has 1 aliphatic heterocycles. The summed E-state index contributed by atoms with van der Waals surface area (Å²) in [5, 5.41) is 25.7. The average Bonchev–Trinajstić information content (AvgIpc) is 3.07. The van der Waals surface area contributed by atoms with Crippen molar-refractivity contribution < 1.29 is 24.4 Å². The van der Waals surface area contributed by atoms with Crippen LogP contribution in [0.1, 0.15) is 37.3 Å². The second kappa shape index (κ2) is 7.03. The van der Waals surface area contributed by atoms with E-state index >= 15 is 0 Å². The molecule has 2 unspecified atom stereocenters. The number of hydrogen-bond donors (Lipinski definition) is 3. The highest BCUT2D eigenvalue weighted by Crippen LogP contribution is 2.36. The molecule has 9 nitrogen and oxygen atoms in total. The minimum Gasteiger partial charge on any atom is -0.502 e. The van der Waals surface area contributed by atoms with Crippen LogP contribution in [0.25, 0.3) is 0 Å². The van der Waals surface area contributed by atoms with Crippen LogP contribution in [0.4, 0.5) is 10.5 Å². The number of rotatable bonds is 4. The molecule has 3 N–H and O–H groups in total. The van der Waals surface area contributed by atoms with Crippen LogP contribution < -0.4 is 10.6 Å². The predicted molar refractivity (Wildman–Crippen MR) is 90.1 cm³/mol. The number of esters is 1. The van der Waals surface area contributed by atoms with Gasteiger partial charge in [0.25, 0.3) is 0 Å². The molecular formula is C17H19N3O6. The molecule has 0 spiro atoms. The quantitative estimate of drug-likeness (QED) is 0.428. The largest absolute Gasteiger partial charge is 0.502 e. The first-order valence-corrected chi connectivity index (χ1v) is 8.31. The second-order valence-corrected chi connectivity index (χ2v) is 6.43. The van der Waals surface area contributed by atoms with Gasteiger partial charge in [-0.25, -0.2) is 4.79 Å². The van der Waals surface area contributed by atoms with Gasteiger partial charge in [0, 0.05) is 11.8 Å². The zero-order chi connectivity index (χ0) is 18.8. The summed E-state index contributed by atoms with van der Waals surface area (Å²) in [5.41, 5.74) is -0.0415. The zero-order valence-corrected chi connectivity index (χ0v) is 13.9. The molecule has 3 rings (SSSR count). The van der Waals surface area contributed by atoms with E-state index < -0.39 is 40.3 Å². The number of carbonyl (C=O) groups is 2. The summed E-state index contributed by atoms with van der Waals surface area (Å²) in [6.45, 7) is 3.74. The van der Waals surface area contributed by atoms with Crippen LogP contribution in [-0.2, 0) is 9.53 Å². The number of urea groups is 1. The lowest BCUT2D eigenvalue weighted by Gasteiger charge is -2.33. The van der Waals surface area contributed by atoms with Crippen LogP contribution in [0.2, 0.25) is 0 Å². The fourth-order valence-corrected chi connectivity index (χ4v) is 3.36. The van der Waals surface area contributed by atoms with E-state index in [0.29, 0.717) is 5.56 Å². The summed E-state index contributed by atoms with van der Waals surface area (Å²) in [7, 11) is 0. The summed E-state index contributed by atoms with van der Waals surface area (Å²) in [5.74, 6) is -1.98. The highest BCUT2D eigenvalue weighted by atomic mass is 16.6. The number of nitrogens with one attached hydrogen (secondary N) is 2. The van der Waals surface area contributed by atoms with Gasteiger partial charge in [-0.15, -0.1) is 0 Å². The lowest BCUT2D eigenvalue weighted by molar-refractivity contribution is -0.385. The Balaban J connectivity index is 1.91. The molecule has 0 radical (unpaired) electrons. The number of benzene rings is 1. The zero-order valence-electron chi connectivity index (χ0n) is 13.9. The average molecular weight is 361 g/mol. The highest BCUT2D eigenvalue weighted by Gasteiger charge is 2.40. The maximum atomic E-state index is 12.7. The van der Waals surface area contributed by atoms with Crippen LogP contribution in [0.15, 0.2) is 30.5 Å². The number of aromatic hydroxyl groups is 1. The van der Waals surface area contributed by atoms with Crippen molar-refractivity contribution in [2.75, 3.05) is 0 Å². The monoisotopic (exact) mass is 361 g/mol. The number of ether oxygens (including phenoxy) is 1. The Morgan fingerprint density at radius 3 is 2.69 bits per heavy atom. The number of nitro benzene ring substituents is 1. The van der Waals surface area contributed by atoms with Gasteiger partial charge in [-0.2, -0.15) is 0 Å². The first-order chi connectivity index (χ1) is 12.4. The van der Waals surface area contributed by atoms with Crippen LogP contribution in [0, 0.1) is 16.0 Å². The lowest BCUT2D eigenvalue weighted by Crippen LogP contribution is -2.51. The Morgan fingerprint density at radius 2 is 2.04 bits per heavy atom. The van der Waals surface area contributed by atoms with Crippen molar-refractivity contribution in [2.45, 2.75) is 37.8 Å². The topological polar surface area (TPSA) is 131 Å². The van der Waals surface area contributed by atoms with Gasteiger partial charge in [-0.1, -0.05) is 12.6 Å². The van der Waals surface area contributed by atoms with Gasteiger partial charge in [0.2, 0.25) is 0 Å². The fraction of sp³-hybridized carbons (Fsp3) is 0.412. The van der Waals surface area contributed by atoms with E-state index in [2.05, 4.69) is 17.2 Å². The molecule has 9 heteroatoms. The van der Waals surface area contributed by atoms with Crippen LogP contribution in [0.5, 0.6) is 5.75 Å². The normalized spacial score (nSPS) is 23.2. The molecule has 2 aliphatic rings. The Bertz CT molecular complexity index is 772. The molecule has 138 valence electrons. The van der Waals surface area contributed by atoms with E-state index in [-0.39, 0.29) is 11.8 Å². The molecule has 1 saturated carbocycles. The Labute approximate surface area is 149 Å².